The minimum Gasteiger partial charge on any atom is -0.375 e. The maximum atomic E-state index is 6.27. The first-order valence-corrected chi connectivity index (χ1v) is 6.80. The average Bonchev–Trinajstić information content (AvgIpc) is 2.42. The lowest BCUT2D eigenvalue weighted by atomic mass is 9.99. The Morgan fingerprint density at radius 1 is 1.21 bits per heavy atom. The summed E-state index contributed by atoms with van der Waals surface area (Å²) in [5, 5.41) is 4.23. The van der Waals surface area contributed by atoms with Gasteiger partial charge in [-0.3, -0.25) is 0 Å². The Morgan fingerprint density at radius 2 is 2.05 bits per heavy atom. The number of halogens is 1. The zero-order valence-electron chi connectivity index (χ0n) is 10.8. The molecule has 0 spiro atoms. The highest BCUT2D eigenvalue weighted by atomic mass is 35.5. The minimum atomic E-state index is 0.158. The van der Waals surface area contributed by atoms with Crippen LogP contribution in [-0.4, -0.2) is 6.61 Å². The number of hydrogen-bond acceptors (Lipinski definition) is 2. The highest BCUT2D eigenvalue weighted by Gasteiger charge is 2.20. The van der Waals surface area contributed by atoms with Gasteiger partial charge in [0.2, 0.25) is 0 Å². The number of aryl methyl sites for hydroxylation is 1. The van der Waals surface area contributed by atoms with Gasteiger partial charge in [0, 0.05) is 0 Å². The Labute approximate surface area is 118 Å². The van der Waals surface area contributed by atoms with Gasteiger partial charge in [0.05, 0.1) is 30.0 Å². The number of fused-ring (bicyclic) bond motifs is 1. The Balaban J connectivity index is 1.88. The molecule has 1 heterocycles. The molecule has 0 saturated heterocycles. The summed E-state index contributed by atoms with van der Waals surface area (Å²) in [6.45, 7) is 3.39. The highest BCUT2D eigenvalue weighted by Crippen LogP contribution is 2.31. The quantitative estimate of drug-likeness (QED) is 0.879. The molecule has 0 aromatic heterocycles. The fraction of sp³-hybridized carbons (Fsp3) is 0.250. The summed E-state index contributed by atoms with van der Waals surface area (Å²) in [5.74, 6) is 0. The standard InChI is InChI=1S/C16H16ClNO/c1-11-6-7-15(14(17)8-11)18-16-10-19-9-12-4-2-3-5-13(12)16/h2-8,16,18H,9-10H2,1H3. The summed E-state index contributed by atoms with van der Waals surface area (Å²) in [4.78, 5) is 0. The van der Waals surface area contributed by atoms with E-state index in [4.69, 9.17) is 16.3 Å². The molecule has 1 N–H and O–H groups in total. The second-order valence-corrected chi connectivity index (χ2v) is 5.30. The van der Waals surface area contributed by atoms with Gasteiger partial charge in [-0.2, -0.15) is 0 Å². The minimum absolute atomic E-state index is 0.158. The van der Waals surface area contributed by atoms with E-state index in [1.54, 1.807) is 0 Å². The molecule has 1 atom stereocenters. The molecule has 3 heteroatoms. The van der Waals surface area contributed by atoms with Crippen molar-refractivity contribution >= 4 is 17.3 Å². The molecule has 0 radical (unpaired) electrons. The molecule has 3 rings (SSSR count). The molecule has 0 fully saturated rings. The van der Waals surface area contributed by atoms with Crippen LogP contribution in [0.3, 0.4) is 0 Å². The molecule has 1 aliphatic heterocycles. The van der Waals surface area contributed by atoms with E-state index in [1.165, 1.54) is 11.1 Å². The molecule has 19 heavy (non-hydrogen) atoms. The third kappa shape index (κ3) is 2.60. The zero-order chi connectivity index (χ0) is 13.2. The monoisotopic (exact) mass is 273 g/mol. The first kappa shape index (κ1) is 12.5. The number of anilines is 1. The Morgan fingerprint density at radius 3 is 2.89 bits per heavy atom. The third-order valence-electron chi connectivity index (χ3n) is 3.43. The van der Waals surface area contributed by atoms with Gasteiger partial charge in [-0.15, -0.1) is 0 Å². The summed E-state index contributed by atoms with van der Waals surface area (Å²) in [7, 11) is 0. The van der Waals surface area contributed by atoms with Gasteiger partial charge in [-0.25, -0.2) is 0 Å². The maximum absolute atomic E-state index is 6.27. The summed E-state index contributed by atoms with van der Waals surface area (Å²) in [6.07, 6.45) is 0. The predicted octanol–water partition coefficient (Wildman–Crippen LogP) is 4.33. The number of hydrogen-bond donors (Lipinski definition) is 1. The molecule has 1 aliphatic rings. The molecule has 1 unspecified atom stereocenters. The van der Waals surface area contributed by atoms with E-state index in [2.05, 4.69) is 29.6 Å². The largest absolute Gasteiger partial charge is 0.375 e. The SMILES string of the molecule is Cc1ccc(NC2COCc3ccccc32)c(Cl)c1. The summed E-state index contributed by atoms with van der Waals surface area (Å²) >= 11 is 6.27. The summed E-state index contributed by atoms with van der Waals surface area (Å²) < 4.78 is 5.64. The molecule has 2 aromatic carbocycles. The lowest BCUT2D eigenvalue weighted by Gasteiger charge is -2.27. The van der Waals surface area contributed by atoms with Gasteiger partial charge in [-0.05, 0) is 35.7 Å². The number of benzene rings is 2. The Hall–Kier alpha value is -1.51. The maximum Gasteiger partial charge on any atom is 0.0751 e. The van der Waals surface area contributed by atoms with Crippen LogP contribution in [0, 0.1) is 6.92 Å². The fourth-order valence-electron chi connectivity index (χ4n) is 2.43. The van der Waals surface area contributed by atoms with E-state index in [-0.39, 0.29) is 6.04 Å². The second kappa shape index (κ2) is 5.24. The van der Waals surface area contributed by atoms with Crippen LogP contribution >= 0.6 is 11.6 Å². The van der Waals surface area contributed by atoms with Crippen molar-refractivity contribution in [2.75, 3.05) is 11.9 Å². The van der Waals surface area contributed by atoms with Crippen LogP contribution in [-0.2, 0) is 11.3 Å². The Bertz CT molecular complexity index is 597. The molecule has 0 saturated carbocycles. The normalized spacial score (nSPS) is 17.9. The topological polar surface area (TPSA) is 21.3 Å². The van der Waals surface area contributed by atoms with Gasteiger partial charge >= 0.3 is 0 Å². The van der Waals surface area contributed by atoms with Crippen molar-refractivity contribution in [1.82, 2.24) is 0 Å². The van der Waals surface area contributed by atoms with Gasteiger partial charge in [0.15, 0.2) is 0 Å². The van der Waals surface area contributed by atoms with Crippen LogP contribution < -0.4 is 5.32 Å². The van der Waals surface area contributed by atoms with E-state index in [0.717, 1.165) is 16.3 Å². The number of rotatable bonds is 2. The molecular formula is C16H16ClNO. The molecule has 0 bridgehead atoms. The van der Waals surface area contributed by atoms with Gasteiger partial charge in [0.1, 0.15) is 0 Å². The number of ether oxygens (including phenoxy) is 1. The van der Waals surface area contributed by atoms with E-state index >= 15 is 0 Å². The van der Waals surface area contributed by atoms with Crippen molar-refractivity contribution in [2.45, 2.75) is 19.6 Å². The van der Waals surface area contributed by atoms with E-state index in [0.29, 0.717) is 13.2 Å². The van der Waals surface area contributed by atoms with Crippen molar-refractivity contribution in [3.05, 3.63) is 64.2 Å². The van der Waals surface area contributed by atoms with Crippen molar-refractivity contribution in [1.29, 1.82) is 0 Å². The lowest BCUT2D eigenvalue weighted by molar-refractivity contribution is 0.0970. The van der Waals surface area contributed by atoms with E-state index in [9.17, 15) is 0 Å². The van der Waals surface area contributed by atoms with Crippen LogP contribution in [0.4, 0.5) is 5.69 Å². The van der Waals surface area contributed by atoms with Gasteiger partial charge in [0.25, 0.3) is 0 Å². The van der Waals surface area contributed by atoms with Crippen molar-refractivity contribution in [2.24, 2.45) is 0 Å². The molecule has 98 valence electrons. The van der Waals surface area contributed by atoms with Gasteiger partial charge < -0.3 is 10.1 Å². The van der Waals surface area contributed by atoms with Crippen LogP contribution in [0.25, 0.3) is 0 Å². The predicted molar refractivity (Wildman–Crippen MR) is 78.7 cm³/mol. The molecule has 2 nitrogen and oxygen atoms in total. The van der Waals surface area contributed by atoms with Crippen LogP contribution in [0.15, 0.2) is 42.5 Å². The Kier molecular flexibility index (Phi) is 3.45. The second-order valence-electron chi connectivity index (χ2n) is 4.89. The highest BCUT2D eigenvalue weighted by molar-refractivity contribution is 6.33. The molecule has 2 aromatic rings. The zero-order valence-corrected chi connectivity index (χ0v) is 11.6. The number of nitrogens with one attached hydrogen (secondary N) is 1. The van der Waals surface area contributed by atoms with Crippen LogP contribution in [0.5, 0.6) is 0 Å². The summed E-state index contributed by atoms with van der Waals surface area (Å²) in [6, 6.07) is 14.6. The summed E-state index contributed by atoms with van der Waals surface area (Å²) in [5.41, 5.74) is 4.66. The van der Waals surface area contributed by atoms with E-state index < -0.39 is 0 Å². The molecular weight excluding hydrogens is 258 g/mol. The van der Waals surface area contributed by atoms with Crippen molar-refractivity contribution < 1.29 is 4.74 Å². The first-order valence-electron chi connectivity index (χ1n) is 6.42. The molecule has 0 aliphatic carbocycles. The third-order valence-corrected chi connectivity index (χ3v) is 3.74. The smallest absolute Gasteiger partial charge is 0.0751 e. The van der Waals surface area contributed by atoms with Crippen molar-refractivity contribution in [3.8, 4) is 0 Å². The average molecular weight is 274 g/mol. The van der Waals surface area contributed by atoms with Crippen LogP contribution in [0.1, 0.15) is 22.7 Å². The first-order chi connectivity index (χ1) is 9.24. The van der Waals surface area contributed by atoms with Crippen LogP contribution in [0.2, 0.25) is 5.02 Å². The van der Waals surface area contributed by atoms with Gasteiger partial charge in [-0.1, -0.05) is 41.9 Å². The fourth-order valence-corrected chi connectivity index (χ4v) is 2.72. The lowest BCUT2D eigenvalue weighted by Crippen LogP contribution is -2.23. The molecule has 0 amide bonds. The van der Waals surface area contributed by atoms with E-state index in [1.807, 2.05) is 25.1 Å². The van der Waals surface area contributed by atoms with Crippen molar-refractivity contribution in [3.63, 3.8) is 0 Å².